The van der Waals surface area contributed by atoms with Gasteiger partial charge < -0.3 is 15.6 Å². The highest BCUT2D eigenvalue weighted by Crippen LogP contribution is 2.16. The second-order valence-corrected chi connectivity index (χ2v) is 7.55. The van der Waals surface area contributed by atoms with Crippen LogP contribution in [0.15, 0.2) is 48.7 Å². The number of aryl methyl sites for hydroxylation is 1. The third kappa shape index (κ3) is 5.64. The second-order valence-electron chi connectivity index (χ2n) is 7.55. The van der Waals surface area contributed by atoms with Crippen molar-refractivity contribution in [2.75, 3.05) is 13.1 Å². The lowest BCUT2D eigenvalue weighted by Crippen LogP contribution is -2.24. The fourth-order valence-electron chi connectivity index (χ4n) is 3.60. The molecule has 3 aromatic rings. The molecule has 2 aromatic heterocycles. The Bertz CT molecular complexity index is 1080. The Morgan fingerprint density at radius 1 is 1.16 bits per heavy atom. The first-order valence-corrected chi connectivity index (χ1v) is 10.6. The number of allylic oxidation sites excluding steroid dienone is 1. The lowest BCUT2D eigenvalue weighted by atomic mass is 10.1. The summed E-state index contributed by atoms with van der Waals surface area (Å²) < 4.78 is 13.6. The molecule has 0 radical (unpaired) electrons. The number of carbonyl (C=O) groups excluding carboxylic acids is 1. The van der Waals surface area contributed by atoms with E-state index in [1.807, 2.05) is 18.2 Å². The summed E-state index contributed by atoms with van der Waals surface area (Å²) in [6, 6.07) is 10.4. The zero-order valence-electron chi connectivity index (χ0n) is 17.3. The van der Waals surface area contributed by atoms with Crippen molar-refractivity contribution in [2.24, 2.45) is 0 Å². The molecule has 0 fully saturated rings. The van der Waals surface area contributed by atoms with Crippen LogP contribution in [0.1, 0.15) is 45.2 Å². The molecule has 2 heterocycles. The Morgan fingerprint density at radius 2 is 2.06 bits per heavy atom. The predicted molar refractivity (Wildman–Crippen MR) is 118 cm³/mol. The topological polar surface area (TPSA) is 82.7 Å². The molecule has 0 atom stereocenters. The predicted octanol–water partition coefficient (Wildman–Crippen LogP) is 3.21. The number of fused-ring (bicyclic) bond motifs is 1. The highest BCUT2D eigenvalue weighted by atomic mass is 19.1. The zero-order chi connectivity index (χ0) is 21.5. The summed E-state index contributed by atoms with van der Waals surface area (Å²) in [5.74, 6) is 0.358. The van der Waals surface area contributed by atoms with Crippen molar-refractivity contribution in [3.63, 3.8) is 0 Å². The number of imidazole rings is 1. The van der Waals surface area contributed by atoms with Crippen LogP contribution in [-0.2, 0) is 25.8 Å². The molecule has 0 saturated heterocycles. The molecule has 7 heteroatoms. The lowest BCUT2D eigenvalue weighted by molar-refractivity contribution is 0.0950. The van der Waals surface area contributed by atoms with E-state index in [0.29, 0.717) is 5.56 Å². The number of nitrogens with zero attached hydrogens (tertiary/aromatic N) is 2. The van der Waals surface area contributed by atoms with E-state index in [0.717, 1.165) is 55.9 Å². The van der Waals surface area contributed by atoms with E-state index in [4.69, 9.17) is 0 Å². The van der Waals surface area contributed by atoms with Crippen LogP contribution in [0.25, 0.3) is 6.08 Å². The van der Waals surface area contributed by atoms with Crippen molar-refractivity contribution < 1.29 is 9.18 Å². The van der Waals surface area contributed by atoms with Crippen LogP contribution in [0.4, 0.5) is 4.39 Å². The van der Waals surface area contributed by atoms with E-state index < -0.39 is 5.82 Å². The molecule has 6 nitrogen and oxygen atoms in total. The third-order valence-corrected chi connectivity index (χ3v) is 5.27. The van der Waals surface area contributed by atoms with Gasteiger partial charge in [-0.25, -0.2) is 9.37 Å². The maximum Gasteiger partial charge on any atom is 0.251 e. The molecule has 0 aliphatic heterocycles. The minimum Gasteiger partial charge on any atom is -0.346 e. The molecule has 1 aliphatic rings. The van der Waals surface area contributed by atoms with E-state index in [2.05, 4.69) is 37.7 Å². The summed E-state index contributed by atoms with van der Waals surface area (Å²) in [5, 5.41) is 6.16. The average molecular weight is 420 g/mol. The molecule has 3 N–H and O–H groups in total. The van der Waals surface area contributed by atoms with Crippen molar-refractivity contribution in [1.29, 1.82) is 0 Å². The Kier molecular flexibility index (Phi) is 6.84. The van der Waals surface area contributed by atoms with Gasteiger partial charge in [0.2, 0.25) is 0 Å². The van der Waals surface area contributed by atoms with Crippen LogP contribution >= 0.6 is 0 Å². The van der Waals surface area contributed by atoms with Gasteiger partial charge in [0.25, 0.3) is 5.91 Å². The average Bonchev–Trinajstić information content (AvgIpc) is 3.21. The summed E-state index contributed by atoms with van der Waals surface area (Å²) in [4.78, 5) is 24.4. The fourth-order valence-corrected chi connectivity index (χ4v) is 3.60. The van der Waals surface area contributed by atoms with Crippen molar-refractivity contribution >= 4 is 12.0 Å². The molecule has 160 valence electrons. The van der Waals surface area contributed by atoms with Gasteiger partial charge in [0, 0.05) is 30.4 Å². The van der Waals surface area contributed by atoms with Gasteiger partial charge in [-0.15, -0.1) is 0 Å². The standard InChI is InChI=1S/C24H26FN5O/c25-19-7-4-12-27-22(19)16-28-24(31)18-6-3-5-17(15-18)10-13-26-14-11-23-29-20-8-1-2-9-21(20)30-23/h1,3-8,12,15,26H,2,9-11,13-14,16H2,(H,28,31)(H,29,30). The Labute approximate surface area is 181 Å². The molecular weight excluding hydrogens is 393 g/mol. The van der Waals surface area contributed by atoms with Crippen molar-refractivity contribution in [1.82, 2.24) is 25.6 Å². The van der Waals surface area contributed by atoms with Gasteiger partial charge >= 0.3 is 0 Å². The monoisotopic (exact) mass is 419 g/mol. The highest BCUT2D eigenvalue weighted by Gasteiger charge is 2.11. The van der Waals surface area contributed by atoms with Crippen LogP contribution in [0.5, 0.6) is 0 Å². The number of aromatic nitrogens is 3. The summed E-state index contributed by atoms with van der Waals surface area (Å²) in [7, 11) is 0. The molecule has 0 unspecified atom stereocenters. The van der Waals surface area contributed by atoms with Crippen LogP contribution in [-0.4, -0.2) is 33.9 Å². The SMILES string of the molecule is O=C(NCc1ncccc1F)c1cccc(CCNCCc2nc3c([nH]2)CCC=C3)c1. The second kappa shape index (κ2) is 10.1. The number of pyridine rings is 1. The normalized spacial score (nSPS) is 12.5. The third-order valence-electron chi connectivity index (χ3n) is 5.27. The van der Waals surface area contributed by atoms with Gasteiger partial charge in [0.05, 0.1) is 17.9 Å². The number of nitrogens with one attached hydrogen (secondary N) is 3. The van der Waals surface area contributed by atoms with E-state index in [1.54, 1.807) is 6.07 Å². The maximum absolute atomic E-state index is 13.6. The van der Waals surface area contributed by atoms with Gasteiger partial charge in [-0.05, 0) is 61.7 Å². The van der Waals surface area contributed by atoms with E-state index in [1.165, 1.54) is 24.0 Å². The smallest absolute Gasteiger partial charge is 0.251 e. The largest absolute Gasteiger partial charge is 0.346 e. The van der Waals surface area contributed by atoms with Gasteiger partial charge in [-0.3, -0.25) is 9.78 Å². The van der Waals surface area contributed by atoms with Crippen molar-refractivity contribution in [2.45, 2.75) is 32.2 Å². The van der Waals surface area contributed by atoms with E-state index in [9.17, 15) is 9.18 Å². The summed E-state index contributed by atoms with van der Waals surface area (Å²) in [5.41, 5.74) is 4.16. The van der Waals surface area contributed by atoms with E-state index >= 15 is 0 Å². The van der Waals surface area contributed by atoms with Gasteiger partial charge in [0.15, 0.2) is 0 Å². The van der Waals surface area contributed by atoms with Crippen LogP contribution in [0.3, 0.4) is 0 Å². The molecular formula is C24H26FN5O. The molecule has 0 bridgehead atoms. The number of rotatable bonds is 9. The first kappa shape index (κ1) is 20.9. The fraction of sp³-hybridized carbons (Fsp3) is 0.292. The van der Waals surface area contributed by atoms with Gasteiger partial charge in [-0.2, -0.15) is 0 Å². The number of amides is 1. The van der Waals surface area contributed by atoms with Gasteiger partial charge in [0.1, 0.15) is 11.6 Å². The first-order chi connectivity index (χ1) is 15.2. The Balaban J connectivity index is 1.21. The van der Waals surface area contributed by atoms with Crippen molar-refractivity contribution in [3.8, 4) is 0 Å². The number of hydrogen-bond acceptors (Lipinski definition) is 4. The number of hydrogen-bond donors (Lipinski definition) is 3. The summed E-state index contributed by atoms with van der Waals surface area (Å²) in [6.07, 6.45) is 9.53. The zero-order valence-corrected chi connectivity index (χ0v) is 17.3. The Hall–Kier alpha value is -3.32. The van der Waals surface area contributed by atoms with Gasteiger partial charge in [-0.1, -0.05) is 18.2 Å². The molecule has 1 aromatic carbocycles. The molecule has 0 saturated carbocycles. The minimum atomic E-state index is -0.422. The highest BCUT2D eigenvalue weighted by molar-refractivity contribution is 5.94. The number of H-pyrrole nitrogens is 1. The Morgan fingerprint density at radius 3 is 2.94 bits per heavy atom. The van der Waals surface area contributed by atoms with Crippen LogP contribution < -0.4 is 10.6 Å². The molecule has 1 aliphatic carbocycles. The molecule has 31 heavy (non-hydrogen) atoms. The molecule has 4 rings (SSSR count). The number of halogens is 1. The van der Waals surface area contributed by atoms with Crippen LogP contribution in [0, 0.1) is 5.82 Å². The quantitative estimate of drug-likeness (QED) is 0.465. The number of benzene rings is 1. The number of aromatic amines is 1. The maximum atomic E-state index is 13.6. The summed E-state index contributed by atoms with van der Waals surface area (Å²) >= 11 is 0. The first-order valence-electron chi connectivity index (χ1n) is 10.6. The molecule has 1 amide bonds. The summed E-state index contributed by atoms with van der Waals surface area (Å²) in [6.45, 7) is 1.71. The van der Waals surface area contributed by atoms with Crippen molar-refractivity contribution in [3.05, 3.63) is 88.5 Å². The van der Waals surface area contributed by atoms with E-state index in [-0.39, 0.29) is 18.1 Å². The minimum absolute atomic E-state index is 0.0588. The van der Waals surface area contributed by atoms with Crippen LogP contribution in [0.2, 0.25) is 0 Å². The molecule has 0 spiro atoms. The lowest BCUT2D eigenvalue weighted by Gasteiger charge is -2.08. The number of carbonyl (C=O) groups is 1.